The van der Waals surface area contributed by atoms with Crippen LogP contribution >= 0.6 is 0 Å². The minimum absolute atomic E-state index is 0.0299. The Hall–Kier alpha value is -4.12. The number of aliphatic imine (C=N–C) groups is 1. The van der Waals surface area contributed by atoms with E-state index in [2.05, 4.69) is 113 Å². The SMILES string of the molecule is C=C1c2c(nc(Cc3ccc(-c4ccccc4)cc3)n2Cc2ccccc2)N2CC3(CCCC3)N=C2N1C. The van der Waals surface area contributed by atoms with Crippen LogP contribution in [0.2, 0.25) is 0 Å². The number of fused-ring (bicyclic) bond motifs is 3. The molecule has 3 aliphatic rings. The molecule has 5 heteroatoms. The van der Waals surface area contributed by atoms with Gasteiger partial charge in [0.05, 0.1) is 17.8 Å². The molecule has 3 heterocycles. The summed E-state index contributed by atoms with van der Waals surface area (Å²) in [6, 6.07) is 30.1. The van der Waals surface area contributed by atoms with E-state index in [4.69, 9.17) is 9.98 Å². The lowest BCUT2D eigenvalue weighted by Gasteiger charge is -2.34. The summed E-state index contributed by atoms with van der Waals surface area (Å²) in [5.41, 5.74) is 7.10. The van der Waals surface area contributed by atoms with Crippen molar-refractivity contribution in [2.75, 3.05) is 18.5 Å². The van der Waals surface area contributed by atoms with E-state index in [0.717, 1.165) is 61.3 Å². The molecule has 0 atom stereocenters. The first kappa shape index (κ1) is 23.0. The van der Waals surface area contributed by atoms with E-state index in [1.807, 2.05) is 0 Å². The Morgan fingerprint density at radius 1 is 0.816 bits per heavy atom. The molecular formula is C33H33N5. The zero-order chi connectivity index (χ0) is 25.7. The van der Waals surface area contributed by atoms with Crippen LogP contribution < -0.4 is 4.90 Å². The number of rotatable bonds is 5. The molecule has 1 saturated carbocycles. The third kappa shape index (κ3) is 3.85. The predicted molar refractivity (Wildman–Crippen MR) is 155 cm³/mol. The van der Waals surface area contributed by atoms with Crippen molar-refractivity contribution in [3.63, 3.8) is 0 Å². The van der Waals surface area contributed by atoms with Gasteiger partial charge in [0.2, 0.25) is 5.96 Å². The van der Waals surface area contributed by atoms with Gasteiger partial charge in [-0.15, -0.1) is 0 Å². The van der Waals surface area contributed by atoms with E-state index >= 15 is 0 Å². The fraction of sp³-hybridized carbons (Fsp3) is 0.273. The molecule has 1 aromatic heterocycles. The second-order valence-electron chi connectivity index (χ2n) is 10.9. The van der Waals surface area contributed by atoms with Gasteiger partial charge in [-0.25, -0.2) is 9.98 Å². The lowest BCUT2D eigenvalue weighted by molar-refractivity contribution is 0.477. The van der Waals surface area contributed by atoms with Crippen molar-refractivity contribution in [2.45, 2.75) is 44.2 Å². The second kappa shape index (κ2) is 9.02. The summed E-state index contributed by atoms with van der Waals surface area (Å²) in [5, 5.41) is 0. The van der Waals surface area contributed by atoms with Gasteiger partial charge in [0, 0.05) is 20.0 Å². The number of hydrogen-bond donors (Lipinski definition) is 0. The van der Waals surface area contributed by atoms with Gasteiger partial charge in [-0.3, -0.25) is 4.90 Å². The Kier molecular flexibility index (Phi) is 5.46. The van der Waals surface area contributed by atoms with Crippen LogP contribution in [0.15, 0.2) is 96.5 Å². The number of hydrogen-bond acceptors (Lipinski definition) is 4. The maximum atomic E-state index is 5.33. The van der Waals surface area contributed by atoms with Gasteiger partial charge < -0.3 is 9.47 Å². The fourth-order valence-corrected chi connectivity index (χ4v) is 6.34. The summed E-state index contributed by atoms with van der Waals surface area (Å²) < 4.78 is 2.38. The quantitative estimate of drug-likeness (QED) is 0.311. The van der Waals surface area contributed by atoms with E-state index in [9.17, 15) is 0 Å². The Balaban J connectivity index is 1.28. The maximum Gasteiger partial charge on any atom is 0.207 e. The number of nitrogens with zero attached hydrogens (tertiary/aromatic N) is 5. The van der Waals surface area contributed by atoms with E-state index < -0.39 is 0 Å². The van der Waals surface area contributed by atoms with Crippen molar-refractivity contribution in [3.05, 3.63) is 114 Å². The average molecular weight is 500 g/mol. The molecule has 1 aliphatic carbocycles. The molecule has 3 aromatic carbocycles. The molecule has 38 heavy (non-hydrogen) atoms. The highest BCUT2D eigenvalue weighted by molar-refractivity contribution is 6.07. The van der Waals surface area contributed by atoms with E-state index in [1.165, 1.54) is 35.1 Å². The molecule has 0 unspecified atom stereocenters. The molecular weight excluding hydrogens is 466 g/mol. The lowest BCUT2D eigenvalue weighted by atomic mass is 9.99. The summed E-state index contributed by atoms with van der Waals surface area (Å²) in [7, 11) is 2.10. The number of anilines is 1. The smallest absolute Gasteiger partial charge is 0.207 e. The third-order valence-electron chi connectivity index (χ3n) is 8.43. The van der Waals surface area contributed by atoms with Crippen LogP contribution in [0.4, 0.5) is 5.82 Å². The molecule has 0 saturated heterocycles. The first-order valence-electron chi connectivity index (χ1n) is 13.7. The second-order valence-corrected chi connectivity index (χ2v) is 10.9. The van der Waals surface area contributed by atoms with E-state index in [-0.39, 0.29) is 5.54 Å². The highest BCUT2D eigenvalue weighted by Crippen LogP contribution is 2.44. The van der Waals surface area contributed by atoms with Crippen LogP contribution in [0.25, 0.3) is 16.8 Å². The first-order chi connectivity index (χ1) is 18.6. The van der Waals surface area contributed by atoms with Gasteiger partial charge in [0.1, 0.15) is 11.5 Å². The van der Waals surface area contributed by atoms with Crippen LogP contribution in [-0.4, -0.2) is 39.5 Å². The van der Waals surface area contributed by atoms with Crippen molar-refractivity contribution in [3.8, 4) is 11.1 Å². The minimum atomic E-state index is 0.0299. The maximum absolute atomic E-state index is 5.33. The van der Waals surface area contributed by atoms with E-state index in [0.29, 0.717) is 0 Å². The van der Waals surface area contributed by atoms with Crippen LogP contribution in [0.3, 0.4) is 0 Å². The van der Waals surface area contributed by atoms with Gasteiger partial charge in [-0.05, 0) is 35.1 Å². The van der Waals surface area contributed by atoms with Gasteiger partial charge in [0.15, 0.2) is 5.82 Å². The molecule has 1 fully saturated rings. The predicted octanol–water partition coefficient (Wildman–Crippen LogP) is 6.59. The summed E-state index contributed by atoms with van der Waals surface area (Å²) in [6.07, 6.45) is 5.60. The largest absolute Gasteiger partial charge is 0.320 e. The number of guanidine groups is 1. The van der Waals surface area contributed by atoms with Crippen molar-refractivity contribution < 1.29 is 0 Å². The molecule has 0 bridgehead atoms. The molecule has 190 valence electrons. The standard InChI is InChI=1S/C33H33N5/c1-24-30-31(38-23-33(19-9-10-20-33)35-32(38)36(24)2)34-29(37(30)22-26-11-5-3-6-12-26)21-25-15-17-28(18-16-25)27-13-7-4-8-14-27/h3-8,11-18H,1,9-10,19-23H2,2H3. The van der Waals surface area contributed by atoms with Gasteiger partial charge in [0.25, 0.3) is 0 Å². The first-order valence-corrected chi connectivity index (χ1v) is 13.7. The third-order valence-corrected chi connectivity index (χ3v) is 8.43. The van der Waals surface area contributed by atoms with Crippen molar-refractivity contribution in [2.24, 2.45) is 4.99 Å². The number of aromatic nitrogens is 2. The summed E-state index contributed by atoms with van der Waals surface area (Å²) in [6.45, 7) is 6.22. The highest BCUT2D eigenvalue weighted by atomic mass is 15.5. The molecule has 7 rings (SSSR count). The van der Waals surface area contributed by atoms with Crippen LogP contribution in [-0.2, 0) is 13.0 Å². The lowest BCUT2D eigenvalue weighted by Crippen LogP contribution is -2.44. The molecule has 5 nitrogen and oxygen atoms in total. The minimum Gasteiger partial charge on any atom is -0.320 e. The van der Waals surface area contributed by atoms with Crippen molar-refractivity contribution >= 4 is 17.5 Å². The Labute approximate surface area is 224 Å². The van der Waals surface area contributed by atoms with Gasteiger partial charge >= 0.3 is 0 Å². The molecule has 0 N–H and O–H groups in total. The molecule has 0 amide bonds. The van der Waals surface area contributed by atoms with Crippen LogP contribution in [0.5, 0.6) is 0 Å². The van der Waals surface area contributed by atoms with Crippen LogP contribution in [0, 0.1) is 0 Å². The summed E-state index contributed by atoms with van der Waals surface area (Å²) in [5.74, 6) is 3.09. The van der Waals surface area contributed by atoms with Crippen LogP contribution in [0.1, 0.15) is 48.3 Å². The molecule has 1 spiro atoms. The average Bonchev–Trinajstić information content (AvgIpc) is 3.67. The van der Waals surface area contributed by atoms with Crippen molar-refractivity contribution in [1.82, 2.24) is 14.5 Å². The fourth-order valence-electron chi connectivity index (χ4n) is 6.34. The monoisotopic (exact) mass is 499 g/mol. The van der Waals surface area contributed by atoms with Gasteiger partial charge in [-0.2, -0.15) is 0 Å². The van der Waals surface area contributed by atoms with Crippen molar-refractivity contribution in [1.29, 1.82) is 0 Å². The molecule has 0 radical (unpaired) electrons. The number of imidazole rings is 1. The summed E-state index contributed by atoms with van der Waals surface area (Å²) in [4.78, 5) is 15.1. The zero-order valence-electron chi connectivity index (χ0n) is 22.0. The Morgan fingerprint density at radius 3 is 2.18 bits per heavy atom. The number of benzene rings is 3. The van der Waals surface area contributed by atoms with E-state index in [1.54, 1.807) is 0 Å². The van der Waals surface area contributed by atoms with Gasteiger partial charge in [-0.1, -0.05) is 104 Å². The zero-order valence-corrected chi connectivity index (χ0v) is 22.0. The molecule has 2 aliphatic heterocycles. The Bertz CT molecular complexity index is 1510. The normalized spacial score (nSPS) is 17.6. The molecule has 4 aromatic rings. The Morgan fingerprint density at radius 2 is 1.47 bits per heavy atom. The summed E-state index contributed by atoms with van der Waals surface area (Å²) >= 11 is 0. The highest BCUT2D eigenvalue weighted by Gasteiger charge is 2.47. The topological polar surface area (TPSA) is 36.7 Å².